The second kappa shape index (κ2) is 8.54. The number of thioether (sulfide) groups is 1. The molecule has 2 saturated heterocycles. The summed E-state index contributed by atoms with van der Waals surface area (Å²) in [6.45, 7) is 2.09. The van der Waals surface area contributed by atoms with Gasteiger partial charge in [0.15, 0.2) is 0 Å². The molecule has 3 heterocycles. The van der Waals surface area contributed by atoms with Gasteiger partial charge in [0.2, 0.25) is 5.91 Å². The largest absolute Gasteiger partial charge is 0.543 e. The first-order valence-electron chi connectivity index (χ1n) is 9.86. The van der Waals surface area contributed by atoms with Gasteiger partial charge in [-0.2, -0.15) is 0 Å². The number of urea groups is 2. The minimum atomic E-state index is -1.44. The van der Waals surface area contributed by atoms with Gasteiger partial charge in [-0.3, -0.25) is 14.5 Å². The van der Waals surface area contributed by atoms with Crippen molar-refractivity contribution in [2.45, 2.75) is 24.4 Å². The number of carbonyl (C=O) groups is 5. The van der Waals surface area contributed by atoms with Crippen LogP contribution in [0.15, 0.2) is 41.6 Å². The van der Waals surface area contributed by atoms with Crippen molar-refractivity contribution in [2.24, 2.45) is 0 Å². The van der Waals surface area contributed by atoms with Crippen LogP contribution < -0.4 is 21.1 Å². The van der Waals surface area contributed by atoms with E-state index in [1.54, 1.807) is 37.3 Å². The zero-order chi connectivity index (χ0) is 23.0. The van der Waals surface area contributed by atoms with Gasteiger partial charge < -0.3 is 25.9 Å². The smallest absolute Gasteiger partial charge is 0.326 e. The molecule has 6 amide bonds. The van der Waals surface area contributed by atoms with Crippen LogP contribution in [0.1, 0.15) is 18.5 Å². The quantitative estimate of drug-likeness (QED) is 0.473. The highest BCUT2D eigenvalue weighted by molar-refractivity contribution is 8.00. The van der Waals surface area contributed by atoms with Gasteiger partial charge in [-0.05, 0) is 18.1 Å². The highest BCUT2D eigenvalue weighted by atomic mass is 32.2. The number of fused-ring (bicyclic) bond motifs is 1. The van der Waals surface area contributed by atoms with Crippen molar-refractivity contribution in [3.63, 3.8) is 0 Å². The molecule has 3 aliphatic rings. The normalized spacial score (nSPS) is 23.2. The van der Waals surface area contributed by atoms with E-state index >= 15 is 0 Å². The summed E-state index contributed by atoms with van der Waals surface area (Å²) in [6, 6.07) is 4.99. The Balaban J connectivity index is 1.51. The van der Waals surface area contributed by atoms with Crippen LogP contribution in [0.4, 0.5) is 9.59 Å². The van der Waals surface area contributed by atoms with E-state index in [9.17, 15) is 29.1 Å². The van der Waals surface area contributed by atoms with Crippen LogP contribution in [0, 0.1) is 0 Å². The Kier molecular flexibility index (Phi) is 5.78. The van der Waals surface area contributed by atoms with Gasteiger partial charge >= 0.3 is 12.1 Å². The molecule has 0 bridgehead atoms. The molecule has 3 N–H and O–H groups in total. The predicted molar refractivity (Wildman–Crippen MR) is 111 cm³/mol. The van der Waals surface area contributed by atoms with Gasteiger partial charge in [-0.1, -0.05) is 30.3 Å². The molecule has 0 aliphatic carbocycles. The summed E-state index contributed by atoms with van der Waals surface area (Å²) < 4.78 is 0. The summed E-state index contributed by atoms with van der Waals surface area (Å²) >= 11 is 1.33. The Morgan fingerprint density at radius 1 is 1.22 bits per heavy atom. The van der Waals surface area contributed by atoms with E-state index in [1.165, 1.54) is 11.8 Å². The van der Waals surface area contributed by atoms with Gasteiger partial charge in [0.25, 0.3) is 5.91 Å². The van der Waals surface area contributed by atoms with Crippen molar-refractivity contribution in [3.8, 4) is 0 Å². The van der Waals surface area contributed by atoms with Crippen LogP contribution in [0.5, 0.6) is 0 Å². The third kappa shape index (κ3) is 3.77. The number of imide groups is 1. The van der Waals surface area contributed by atoms with Gasteiger partial charge in [0, 0.05) is 18.8 Å². The molecule has 12 heteroatoms. The summed E-state index contributed by atoms with van der Waals surface area (Å²) in [5.74, 6) is -2.27. The topological polar surface area (TPSA) is 151 Å². The van der Waals surface area contributed by atoms with Crippen molar-refractivity contribution in [2.75, 3.05) is 18.8 Å². The van der Waals surface area contributed by atoms with Crippen molar-refractivity contribution in [1.82, 2.24) is 25.8 Å². The number of β-lactam (4-membered cyclic amide) rings is 1. The zero-order valence-corrected chi connectivity index (χ0v) is 17.8. The lowest BCUT2D eigenvalue weighted by molar-refractivity contribution is -0.301. The molecule has 11 nitrogen and oxygen atoms in total. The third-order valence-electron chi connectivity index (χ3n) is 5.41. The number of carboxylic acid groups (broad SMARTS) is 1. The molecule has 0 unspecified atom stereocenters. The highest BCUT2D eigenvalue weighted by Crippen LogP contribution is 2.40. The van der Waals surface area contributed by atoms with E-state index in [2.05, 4.69) is 16.0 Å². The monoisotopic (exact) mass is 458 g/mol. The summed E-state index contributed by atoms with van der Waals surface area (Å²) in [5.41, 5.74) is 0.809. The van der Waals surface area contributed by atoms with Gasteiger partial charge in [0.05, 0.1) is 11.7 Å². The lowest BCUT2D eigenvalue weighted by atomic mass is 10.0. The lowest BCUT2D eigenvalue weighted by Crippen LogP contribution is -2.71. The van der Waals surface area contributed by atoms with Crippen LogP contribution in [0.3, 0.4) is 0 Å². The minimum absolute atomic E-state index is 0.167. The Labute approximate surface area is 187 Å². The summed E-state index contributed by atoms with van der Waals surface area (Å²) in [7, 11) is 0. The number of hydrogen-bond donors (Lipinski definition) is 3. The molecule has 32 heavy (non-hydrogen) atoms. The third-order valence-corrected chi connectivity index (χ3v) is 6.84. The molecule has 0 radical (unpaired) electrons. The number of hydrogen-bond acceptors (Lipinski definition) is 7. The zero-order valence-electron chi connectivity index (χ0n) is 17.0. The summed E-state index contributed by atoms with van der Waals surface area (Å²) in [5, 5.41) is 18.6. The number of nitrogens with one attached hydrogen (secondary N) is 3. The van der Waals surface area contributed by atoms with Gasteiger partial charge in [-0.25, -0.2) is 14.5 Å². The predicted octanol–water partition coefficient (Wildman–Crippen LogP) is -1.11. The first-order valence-corrected chi connectivity index (χ1v) is 10.9. The molecule has 0 spiro atoms. The SMILES string of the molecule is CC1=C(C(=O)[O-])N2C(=O)[C@H](NC(=O)[C@H](NC(=O)N3CCNC3=O)c3ccccc3)[C@H]2SC1. The van der Waals surface area contributed by atoms with Gasteiger partial charge in [-0.15, -0.1) is 11.8 Å². The maximum Gasteiger partial charge on any atom is 0.326 e. The number of nitrogens with zero attached hydrogens (tertiary/aromatic N) is 2. The van der Waals surface area contributed by atoms with Crippen LogP contribution in [-0.2, 0) is 14.4 Å². The average Bonchev–Trinajstić information content (AvgIpc) is 3.21. The average molecular weight is 458 g/mol. The van der Waals surface area contributed by atoms with Crippen molar-refractivity contribution >= 4 is 41.6 Å². The molecular weight excluding hydrogens is 438 g/mol. The maximum atomic E-state index is 13.1. The number of carboxylic acids is 1. The molecule has 0 aromatic heterocycles. The molecule has 2 fully saturated rings. The molecule has 4 rings (SSSR count). The highest BCUT2D eigenvalue weighted by Gasteiger charge is 2.52. The van der Waals surface area contributed by atoms with Gasteiger partial charge in [0.1, 0.15) is 17.5 Å². The maximum absolute atomic E-state index is 13.1. The van der Waals surface area contributed by atoms with E-state index in [4.69, 9.17) is 0 Å². The van der Waals surface area contributed by atoms with Crippen LogP contribution in [0.2, 0.25) is 0 Å². The van der Waals surface area contributed by atoms with E-state index in [0.29, 0.717) is 23.4 Å². The Bertz CT molecular complexity index is 1030. The number of carbonyl (C=O) groups excluding carboxylic acids is 5. The Hall–Kier alpha value is -3.54. The van der Waals surface area contributed by atoms with Crippen LogP contribution in [-0.4, -0.2) is 69.9 Å². The first kappa shape index (κ1) is 21.7. The first-order chi connectivity index (χ1) is 15.3. The van der Waals surface area contributed by atoms with Crippen LogP contribution in [0.25, 0.3) is 0 Å². The molecular formula is C20H20N5O6S-. The Morgan fingerprint density at radius 3 is 2.56 bits per heavy atom. The van der Waals surface area contributed by atoms with Crippen molar-refractivity contribution in [1.29, 1.82) is 0 Å². The number of benzene rings is 1. The standard InChI is InChI=1S/C20H21N5O6S/c1-10-9-32-17-13(16(27)25(17)14(10)18(28)29)22-15(26)12(11-5-3-2-4-6-11)23-20(31)24-8-7-21-19(24)30/h2-6,12-13,17H,7-9H2,1H3,(H,21,30)(H,22,26)(H,23,31)(H,28,29)/p-1/t12-,13+,17-/m1/s1. The molecule has 1 aromatic rings. The lowest BCUT2D eigenvalue weighted by Gasteiger charge is -2.50. The number of rotatable bonds is 5. The van der Waals surface area contributed by atoms with E-state index in [1.807, 2.05) is 0 Å². The molecule has 3 aliphatic heterocycles. The van der Waals surface area contributed by atoms with Crippen molar-refractivity contribution < 1.29 is 29.1 Å². The molecule has 1 aromatic carbocycles. The fourth-order valence-electron chi connectivity index (χ4n) is 3.81. The second-order valence-corrected chi connectivity index (χ2v) is 8.59. The fourth-order valence-corrected chi connectivity index (χ4v) is 5.10. The number of amides is 6. The fraction of sp³-hybridized carbons (Fsp3) is 0.350. The molecule has 3 atom stereocenters. The van der Waals surface area contributed by atoms with Crippen molar-refractivity contribution in [3.05, 3.63) is 47.2 Å². The molecule has 168 valence electrons. The van der Waals surface area contributed by atoms with Crippen LogP contribution >= 0.6 is 11.8 Å². The Morgan fingerprint density at radius 2 is 1.94 bits per heavy atom. The summed E-state index contributed by atoms with van der Waals surface area (Å²) in [6.07, 6.45) is 0. The summed E-state index contributed by atoms with van der Waals surface area (Å²) in [4.78, 5) is 63.7. The number of aliphatic carboxylic acids is 1. The second-order valence-electron chi connectivity index (χ2n) is 7.49. The van der Waals surface area contributed by atoms with E-state index < -0.39 is 47.3 Å². The van der Waals surface area contributed by atoms with E-state index in [0.717, 1.165) is 9.80 Å². The molecule has 0 saturated carbocycles. The minimum Gasteiger partial charge on any atom is -0.543 e. The van der Waals surface area contributed by atoms with E-state index in [-0.39, 0.29) is 12.2 Å².